The molecule has 104 valence electrons. The van der Waals surface area contributed by atoms with Gasteiger partial charge in [-0.25, -0.2) is 0 Å². The summed E-state index contributed by atoms with van der Waals surface area (Å²) in [6.07, 6.45) is 2.76. The van der Waals surface area contributed by atoms with Crippen LogP contribution >= 0.6 is 27.5 Å². The molecule has 0 spiro atoms. The van der Waals surface area contributed by atoms with E-state index in [2.05, 4.69) is 50.1 Å². The lowest BCUT2D eigenvalue weighted by atomic mass is 9.97. The highest BCUT2D eigenvalue weighted by molar-refractivity contribution is 9.09. The van der Waals surface area contributed by atoms with E-state index in [1.807, 2.05) is 12.1 Å². The Hall–Kier alpha value is -1.06. The van der Waals surface area contributed by atoms with Crippen LogP contribution in [-0.4, -0.2) is 16.9 Å². The zero-order valence-corrected chi connectivity index (χ0v) is 13.4. The molecule has 0 amide bonds. The molecule has 0 saturated heterocycles. The summed E-state index contributed by atoms with van der Waals surface area (Å²) < 4.78 is 0. The van der Waals surface area contributed by atoms with Crippen molar-refractivity contribution >= 4 is 33.2 Å². The van der Waals surface area contributed by atoms with E-state index in [1.165, 1.54) is 11.3 Å². The summed E-state index contributed by atoms with van der Waals surface area (Å²) in [5.74, 6) is 0.597. The van der Waals surface area contributed by atoms with Gasteiger partial charge in [0.2, 0.25) is 0 Å². The smallest absolute Gasteiger partial charge is 0.0641 e. The highest BCUT2D eigenvalue weighted by Crippen LogP contribution is 2.32. The van der Waals surface area contributed by atoms with E-state index in [9.17, 15) is 0 Å². The van der Waals surface area contributed by atoms with E-state index in [4.69, 9.17) is 11.6 Å². The van der Waals surface area contributed by atoms with Crippen LogP contribution in [0.4, 0.5) is 5.69 Å². The van der Waals surface area contributed by atoms with Crippen LogP contribution in [0.2, 0.25) is 5.02 Å². The molecule has 0 fully saturated rings. The number of fused-ring (bicyclic) bond motifs is 1. The molecule has 2 nitrogen and oxygen atoms in total. The Morgan fingerprint density at radius 3 is 2.85 bits per heavy atom. The zero-order valence-electron chi connectivity index (χ0n) is 11.1. The third kappa shape index (κ3) is 2.99. The standard InChI is InChI=1S/C16H16BrClN2/c17-8-13-6-15-16(7-14(18)9-19-15)20(11-13)10-12-4-2-1-3-5-12/h1-5,7,9,13H,6,8,10-11H2. The van der Waals surface area contributed by atoms with E-state index in [0.717, 1.165) is 30.5 Å². The van der Waals surface area contributed by atoms with E-state index < -0.39 is 0 Å². The first-order chi connectivity index (χ1) is 9.76. The Morgan fingerprint density at radius 2 is 2.10 bits per heavy atom. The molecule has 1 aromatic carbocycles. The molecule has 1 unspecified atom stereocenters. The van der Waals surface area contributed by atoms with Gasteiger partial charge < -0.3 is 4.90 Å². The minimum Gasteiger partial charge on any atom is -0.365 e. The normalized spacial score (nSPS) is 17.9. The summed E-state index contributed by atoms with van der Waals surface area (Å²) in [5.41, 5.74) is 3.65. The highest BCUT2D eigenvalue weighted by atomic mass is 79.9. The van der Waals surface area contributed by atoms with Crippen molar-refractivity contribution in [2.24, 2.45) is 5.92 Å². The molecule has 2 aromatic rings. The lowest BCUT2D eigenvalue weighted by Gasteiger charge is -2.35. The number of hydrogen-bond acceptors (Lipinski definition) is 2. The fourth-order valence-electron chi connectivity index (χ4n) is 2.69. The fraction of sp³-hybridized carbons (Fsp3) is 0.312. The number of nitrogens with zero attached hydrogens (tertiary/aromatic N) is 2. The van der Waals surface area contributed by atoms with Crippen LogP contribution in [0.1, 0.15) is 11.3 Å². The number of alkyl halides is 1. The van der Waals surface area contributed by atoms with Crippen LogP contribution in [0.25, 0.3) is 0 Å². The third-order valence-electron chi connectivity index (χ3n) is 3.65. The van der Waals surface area contributed by atoms with Crippen molar-refractivity contribution in [1.29, 1.82) is 0 Å². The van der Waals surface area contributed by atoms with E-state index in [1.54, 1.807) is 6.20 Å². The largest absolute Gasteiger partial charge is 0.365 e. The number of benzene rings is 1. The van der Waals surface area contributed by atoms with E-state index in [0.29, 0.717) is 10.9 Å². The Morgan fingerprint density at radius 1 is 1.30 bits per heavy atom. The number of aromatic nitrogens is 1. The first kappa shape index (κ1) is 13.9. The minimum atomic E-state index is 0.597. The summed E-state index contributed by atoms with van der Waals surface area (Å²) in [7, 11) is 0. The van der Waals surface area contributed by atoms with Gasteiger partial charge in [-0.05, 0) is 24.0 Å². The average Bonchev–Trinajstić information content (AvgIpc) is 2.48. The second kappa shape index (κ2) is 6.15. The lowest BCUT2D eigenvalue weighted by Crippen LogP contribution is -2.36. The van der Waals surface area contributed by atoms with Crippen molar-refractivity contribution in [2.75, 3.05) is 16.8 Å². The molecule has 20 heavy (non-hydrogen) atoms. The first-order valence-corrected chi connectivity index (χ1v) is 8.25. The number of anilines is 1. The fourth-order valence-corrected chi connectivity index (χ4v) is 3.28. The molecule has 1 atom stereocenters. The Bertz CT molecular complexity index is 588. The van der Waals surface area contributed by atoms with Crippen LogP contribution in [0, 0.1) is 5.92 Å². The van der Waals surface area contributed by atoms with Gasteiger partial charge in [0.15, 0.2) is 0 Å². The molecule has 4 heteroatoms. The molecule has 0 saturated carbocycles. The van der Waals surface area contributed by atoms with Gasteiger partial charge in [0, 0.05) is 24.6 Å². The molecule has 2 heterocycles. The van der Waals surface area contributed by atoms with Gasteiger partial charge in [-0.2, -0.15) is 0 Å². The Balaban J connectivity index is 1.91. The van der Waals surface area contributed by atoms with Gasteiger partial charge in [-0.3, -0.25) is 4.98 Å². The maximum absolute atomic E-state index is 6.12. The van der Waals surface area contributed by atoms with Gasteiger partial charge in [-0.1, -0.05) is 57.9 Å². The van der Waals surface area contributed by atoms with Crippen LogP contribution in [0.5, 0.6) is 0 Å². The topological polar surface area (TPSA) is 16.1 Å². The maximum atomic E-state index is 6.12. The quantitative estimate of drug-likeness (QED) is 0.766. The summed E-state index contributed by atoms with van der Waals surface area (Å²) in [6, 6.07) is 12.6. The number of halogens is 2. The highest BCUT2D eigenvalue weighted by Gasteiger charge is 2.25. The summed E-state index contributed by atoms with van der Waals surface area (Å²) >= 11 is 9.73. The molecule has 0 aliphatic carbocycles. The van der Waals surface area contributed by atoms with Gasteiger partial charge in [0.1, 0.15) is 0 Å². The second-order valence-electron chi connectivity index (χ2n) is 5.21. The van der Waals surface area contributed by atoms with Crippen molar-refractivity contribution in [2.45, 2.75) is 13.0 Å². The van der Waals surface area contributed by atoms with Gasteiger partial charge >= 0.3 is 0 Å². The van der Waals surface area contributed by atoms with Crippen molar-refractivity contribution < 1.29 is 0 Å². The predicted octanol–water partition coefficient (Wildman–Crippen LogP) is 4.31. The molecule has 1 aliphatic rings. The van der Waals surface area contributed by atoms with Crippen molar-refractivity contribution in [3.05, 3.63) is 58.9 Å². The van der Waals surface area contributed by atoms with Gasteiger partial charge in [-0.15, -0.1) is 0 Å². The number of rotatable bonds is 3. The Kier molecular flexibility index (Phi) is 4.27. The molecule has 3 rings (SSSR count). The number of hydrogen-bond donors (Lipinski definition) is 0. The van der Waals surface area contributed by atoms with Crippen LogP contribution in [-0.2, 0) is 13.0 Å². The monoisotopic (exact) mass is 350 g/mol. The molecular weight excluding hydrogens is 336 g/mol. The minimum absolute atomic E-state index is 0.597. The molecule has 0 radical (unpaired) electrons. The van der Waals surface area contributed by atoms with Crippen molar-refractivity contribution in [1.82, 2.24) is 4.98 Å². The van der Waals surface area contributed by atoms with E-state index >= 15 is 0 Å². The Labute approximate surface area is 132 Å². The molecule has 1 aliphatic heterocycles. The third-order valence-corrected chi connectivity index (χ3v) is 4.77. The van der Waals surface area contributed by atoms with Crippen LogP contribution in [0.15, 0.2) is 42.6 Å². The summed E-state index contributed by atoms with van der Waals surface area (Å²) in [4.78, 5) is 6.90. The SMILES string of the molecule is Clc1cnc2c(c1)N(Cc1ccccc1)CC(CBr)C2. The summed E-state index contributed by atoms with van der Waals surface area (Å²) in [5, 5.41) is 1.71. The van der Waals surface area contributed by atoms with Crippen molar-refractivity contribution in [3.63, 3.8) is 0 Å². The van der Waals surface area contributed by atoms with Crippen LogP contribution < -0.4 is 4.90 Å². The summed E-state index contributed by atoms with van der Waals surface area (Å²) in [6.45, 7) is 1.94. The second-order valence-corrected chi connectivity index (χ2v) is 6.29. The number of pyridine rings is 1. The molecule has 0 N–H and O–H groups in total. The van der Waals surface area contributed by atoms with Gasteiger partial charge in [0.05, 0.1) is 16.4 Å². The van der Waals surface area contributed by atoms with E-state index in [-0.39, 0.29) is 0 Å². The lowest BCUT2D eigenvalue weighted by molar-refractivity contribution is 0.532. The maximum Gasteiger partial charge on any atom is 0.0641 e. The predicted molar refractivity (Wildman–Crippen MR) is 87.7 cm³/mol. The van der Waals surface area contributed by atoms with Gasteiger partial charge in [0.25, 0.3) is 0 Å². The van der Waals surface area contributed by atoms with Crippen molar-refractivity contribution in [3.8, 4) is 0 Å². The molecular formula is C16H16BrClN2. The van der Waals surface area contributed by atoms with Crippen LogP contribution in [0.3, 0.4) is 0 Å². The molecule has 0 bridgehead atoms. The zero-order chi connectivity index (χ0) is 13.9. The molecule has 1 aromatic heterocycles. The average molecular weight is 352 g/mol. The first-order valence-electron chi connectivity index (χ1n) is 6.75.